The number of carboxylic acids is 1. The second kappa shape index (κ2) is 9.12. The first-order chi connectivity index (χ1) is 12.9. The Morgan fingerprint density at radius 2 is 1.85 bits per heavy atom. The van der Waals surface area contributed by atoms with Crippen LogP contribution < -0.4 is 14.8 Å². The average Bonchev–Trinajstić information content (AvgIpc) is 2.96. The molecule has 0 aliphatic carbocycles. The molecule has 0 radical (unpaired) electrons. The quantitative estimate of drug-likeness (QED) is 0.696. The van der Waals surface area contributed by atoms with Gasteiger partial charge in [0, 0.05) is 5.56 Å². The highest BCUT2D eigenvalue weighted by atomic mass is 16.5. The lowest BCUT2D eigenvalue weighted by molar-refractivity contribution is -0.136. The minimum absolute atomic E-state index is 0.145. The first kappa shape index (κ1) is 20.4. The fourth-order valence-electron chi connectivity index (χ4n) is 2.76. The standard InChI is InChI=1S/C20H25NO6/c1-5-25-15-8-7-14(9-16(15)26-6-2)13(4)21-20(24)19-12(3)11-27-17(19)10-18(22)23/h7-9,11,13H,5-6,10H2,1-4H3,(H,21,24)(H,22,23). The van der Waals surface area contributed by atoms with Gasteiger partial charge in [0.05, 0.1) is 31.1 Å². The number of rotatable bonds is 9. The van der Waals surface area contributed by atoms with Crippen molar-refractivity contribution in [2.75, 3.05) is 13.2 Å². The summed E-state index contributed by atoms with van der Waals surface area (Å²) in [6.07, 6.45) is 1.05. The van der Waals surface area contributed by atoms with Gasteiger partial charge in [-0.1, -0.05) is 6.07 Å². The van der Waals surface area contributed by atoms with Crippen molar-refractivity contribution in [3.8, 4) is 11.5 Å². The van der Waals surface area contributed by atoms with Crippen LogP contribution in [-0.2, 0) is 11.2 Å². The van der Waals surface area contributed by atoms with E-state index in [0.29, 0.717) is 30.3 Å². The van der Waals surface area contributed by atoms with E-state index in [2.05, 4.69) is 5.32 Å². The second-order valence-electron chi connectivity index (χ2n) is 6.05. The van der Waals surface area contributed by atoms with Gasteiger partial charge < -0.3 is 24.3 Å². The minimum Gasteiger partial charge on any atom is -0.490 e. The molecule has 0 aliphatic heterocycles. The Morgan fingerprint density at radius 3 is 2.48 bits per heavy atom. The summed E-state index contributed by atoms with van der Waals surface area (Å²) < 4.78 is 16.4. The van der Waals surface area contributed by atoms with E-state index in [1.54, 1.807) is 6.92 Å². The number of aliphatic carboxylic acids is 1. The molecule has 1 unspecified atom stereocenters. The number of carbonyl (C=O) groups excluding carboxylic acids is 1. The summed E-state index contributed by atoms with van der Waals surface area (Å²) in [7, 11) is 0. The molecular weight excluding hydrogens is 350 g/mol. The van der Waals surface area contributed by atoms with Gasteiger partial charge >= 0.3 is 5.97 Å². The van der Waals surface area contributed by atoms with Crippen molar-refractivity contribution in [3.05, 3.63) is 46.9 Å². The summed E-state index contributed by atoms with van der Waals surface area (Å²) in [5, 5.41) is 11.9. The van der Waals surface area contributed by atoms with E-state index in [0.717, 1.165) is 5.56 Å². The number of carbonyl (C=O) groups is 2. The molecule has 0 fully saturated rings. The monoisotopic (exact) mass is 375 g/mol. The Bertz CT molecular complexity index is 811. The molecule has 1 amide bonds. The van der Waals surface area contributed by atoms with E-state index in [9.17, 15) is 9.59 Å². The topological polar surface area (TPSA) is 98.0 Å². The molecule has 2 aromatic rings. The fraction of sp³-hybridized carbons (Fsp3) is 0.400. The molecule has 1 aromatic heterocycles. The maximum absolute atomic E-state index is 12.7. The highest BCUT2D eigenvalue weighted by Crippen LogP contribution is 2.31. The van der Waals surface area contributed by atoms with Gasteiger partial charge in [0.1, 0.15) is 12.2 Å². The molecule has 146 valence electrons. The summed E-state index contributed by atoms with van der Waals surface area (Å²) in [6.45, 7) is 8.36. The molecule has 1 atom stereocenters. The SMILES string of the molecule is CCOc1ccc(C(C)NC(=O)c2c(C)coc2CC(=O)O)cc1OCC. The van der Waals surface area contributed by atoms with Crippen LogP contribution in [0.4, 0.5) is 0 Å². The normalized spacial score (nSPS) is 11.7. The van der Waals surface area contributed by atoms with Crippen molar-refractivity contribution in [3.63, 3.8) is 0 Å². The molecule has 0 saturated heterocycles. The van der Waals surface area contributed by atoms with E-state index in [4.69, 9.17) is 19.0 Å². The third kappa shape index (κ3) is 5.03. The van der Waals surface area contributed by atoms with E-state index in [1.165, 1.54) is 6.26 Å². The molecule has 7 heteroatoms. The van der Waals surface area contributed by atoms with E-state index in [-0.39, 0.29) is 29.7 Å². The Hall–Kier alpha value is -2.96. The number of aryl methyl sites for hydroxylation is 1. The number of hydrogen-bond donors (Lipinski definition) is 2. The van der Waals surface area contributed by atoms with Gasteiger partial charge in [-0.05, 0) is 45.4 Å². The Kier molecular flexibility index (Phi) is 6.87. The lowest BCUT2D eigenvalue weighted by Crippen LogP contribution is -2.28. The molecule has 2 rings (SSSR count). The van der Waals surface area contributed by atoms with Crippen LogP contribution in [0.15, 0.2) is 28.9 Å². The number of nitrogens with one attached hydrogen (secondary N) is 1. The van der Waals surface area contributed by atoms with Crippen LogP contribution in [0.2, 0.25) is 0 Å². The highest BCUT2D eigenvalue weighted by molar-refractivity contribution is 5.97. The van der Waals surface area contributed by atoms with Gasteiger partial charge in [-0.3, -0.25) is 9.59 Å². The lowest BCUT2D eigenvalue weighted by Gasteiger charge is -2.17. The number of hydrogen-bond acceptors (Lipinski definition) is 5. The molecule has 0 aliphatic rings. The van der Waals surface area contributed by atoms with Crippen LogP contribution in [0, 0.1) is 6.92 Å². The van der Waals surface area contributed by atoms with Crippen molar-refractivity contribution in [2.45, 2.75) is 40.2 Å². The number of carboxylic acid groups (broad SMARTS) is 1. The van der Waals surface area contributed by atoms with Gasteiger partial charge in [-0.25, -0.2) is 0 Å². The summed E-state index contributed by atoms with van der Waals surface area (Å²) in [5.74, 6) is -0.0254. The van der Waals surface area contributed by atoms with Crippen LogP contribution in [0.25, 0.3) is 0 Å². The summed E-state index contributed by atoms with van der Waals surface area (Å²) in [5.41, 5.74) is 1.70. The zero-order valence-corrected chi connectivity index (χ0v) is 16.0. The van der Waals surface area contributed by atoms with Crippen molar-refractivity contribution in [1.29, 1.82) is 0 Å². The zero-order valence-electron chi connectivity index (χ0n) is 16.0. The van der Waals surface area contributed by atoms with Crippen LogP contribution in [0.5, 0.6) is 11.5 Å². The zero-order chi connectivity index (χ0) is 20.0. The molecule has 7 nitrogen and oxygen atoms in total. The largest absolute Gasteiger partial charge is 0.490 e. The maximum atomic E-state index is 12.7. The Balaban J connectivity index is 2.20. The van der Waals surface area contributed by atoms with Crippen LogP contribution >= 0.6 is 0 Å². The first-order valence-electron chi connectivity index (χ1n) is 8.86. The van der Waals surface area contributed by atoms with Gasteiger partial charge in [-0.15, -0.1) is 0 Å². The molecule has 0 saturated carbocycles. The predicted octanol–water partition coefficient (Wildman–Crippen LogP) is 3.50. The van der Waals surface area contributed by atoms with E-state index < -0.39 is 5.97 Å². The molecule has 1 heterocycles. The third-order valence-electron chi connectivity index (χ3n) is 4.01. The summed E-state index contributed by atoms with van der Waals surface area (Å²) >= 11 is 0. The average molecular weight is 375 g/mol. The minimum atomic E-state index is -1.06. The van der Waals surface area contributed by atoms with Crippen molar-refractivity contribution < 1.29 is 28.6 Å². The van der Waals surface area contributed by atoms with Crippen molar-refractivity contribution in [2.24, 2.45) is 0 Å². The first-order valence-corrected chi connectivity index (χ1v) is 8.86. The molecular formula is C20H25NO6. The second-order valence-corrected chi connectivity index (χ2v) is 6.05. The van der Waals surface area contributed by atoms with Crippen LogP contribution in [0.3, 0.4) is 0 Å². The number of ether oxygens (including phenoxy) is 2. The number of amides is 1. The van der Waals surface area contributed by atoms with E-state index in [1.807, 2.05) is 39.0 Å². The highest BCUT2D eigenvalue weighted by Gasteiger charge is 2.22. The molecule has 1 aromatic carbocycles. The lowest BCUT2D eigenvalue weighted by atomic mass is 10.1. The fourth-order valence-corrected chi connectivity index (χ4v) is 2.76. The smallest absolute Gasteiger partial charge is 0.311 e. The number of furan rings is 1. The maximum Gasteiger partial charge on any atom is 0.311 e. The number of benzene rings is 1. The molecule has 0 spiro atoms. The van der Waals surface area contributed by atoms with Gasteiger partial charge in [-0.2, -0.15) is 0 Å². The summed E-state index contributed by atoms with van der Waals surface area (Å²) in [4.78, 5) is 23.6. The van der Waals surface area contributed by atoms with Crippen LogP contribution in [0.1, 0.15) is 54.1 Å². The molecule has 2 N–H and O–H groups in total. The van der Waals surface area contributed by atoms with Crippen LogP contribution in [-0.4, -0.2) is 30.2 Å². The van der Waals surface area contributed by atoms with E-state index >= 15 is 0 Å². The van der Waals surface area contributed by atoms with Gasteiger partial charge in [0.25, 0.3) is 5.91 Å². The summed E-state index contributed by atoms with van der Waals surface area (Å²) in [6, 6.07) is 5.18. The molecule has 0 bridgehead atoms. The van der Waals surface area contributed by atoms with Gasteiger partial charge in [0.2, 0.25) is 0 Å². The Labute approximate surface area is 158 Å². The Morgan fingerprint density at radius 1 is 1.19 bits per heavy atom. The molecule has 27 heavy (non-hydrogen) atoms. The van der Waals surface area contributed by atoms with Crippen molar-refractivity contribution >= 4 is 11.9 Å². The predicted molar refractivity (Wildman–Crippen MR) is 99.4 cm³/mol. The third-order valence-corrected chi connectivity index (χ3v) is 4.01. The van der Waals surface area contributed by atoms with Crippen molar-refractivity contribution in [1.82, 2.24) is 5.32 Å². The van der Waals surface area contributed by atoms with Gasteiger partial charge in [0.15, 0.2) is 11.5 Å².